The van der Waals surface area contributed by atoms with Crippen molar-refractivity contribution in [1.82, 2.24) is 0 Å². The largest absolute Gasteiger partial charge is 0.519 e. The lowest BCUT2D eigenvalue weighted by Crippen LogP contribution is -2.35. The highest BCUT2D eigenvalue weighted by Crippen LogP contribution is 2.22. The van der Waals surface area contributed by atoms with E-state index >= 15 is 0 Å². The fourth-order valence-corrected chi connectivity index (χ4v) is 4.33. The van der Waals surface area contributed by atoms with Crippen molar-refractivity contribution < 1.29 is 8.84 Å². The Balaban J connectivity index is 2.51. The maximum absolute atomic E-state index is 5.82. The topological polar surface area (TPSA) is 22.4 Å². The summed E-state index contributed by atoms with van der Waals surface area (Å²) < 4.78 is 11.0. The zero-order valence-corrected chi connectivity index (χ0v) is 9.83. The monoisotopic (exact) mass is 198 g/mol. The van der Waals surface area contributed by atoms with Gasteiger partial charge in [-0.05, 0) is 31.1 Å². The van der Waals surface area contributed by atoms with Gasteiger partial charge in [0.2, 0.25) is 8.32 Å². The van der Waals surface area contributed by atoms with E-state index < -0.39 is 8.32 Å². The molecule has 0 N–H and O–H groups in total. The maximum atomic E-state index is 5.82. The van der Waals surface area contributed by atoms with Gasteiger partial charge in [0, 0.05) is 6.07 Å². The van der Waals surface area contributed by atoms with Crippen molar-refractivity contribution in [2.24, 2.45) is 5.92 Å². The second-order valence-corrected chi connectivity index (χ2v) is 8.52. The van der Waals surface area contributed by atoms with Crippen LogP contribution in [-0.4, -0.2) is 8.32 Å². The van der Waals surface area contributed by atoms with Gasteiger partial charge in [-0.2, -0.15) is 0 Å². The summed E-state index contributed by atoms with van der Waals surface area (Å²) in [4.78, 5) is 0. The molecule has 13 heavy (non-hydrogen) atoms. The molecule has 1 aromatic rings. The van der Waals surface area contributed by atoms with Crippen LogP contribution in [0.15, 0.2) is 22.8 Å². The van der Waals surface area contributed by atoms with Crippen LogP contribution >= 0.6 is 0 Å². The molecule has 0 bridgehead atoms. The first-order chi connectivity index (χ1) is 5.99. The predicted molar refractivity (Wildman–Crippen MR) is 56.5 cm³/mol. The fourth-order valence-electron chi connectivity index (χ4n) is 1.62. The van der Waals surface area contributed by atoms with Crippen LogP contribution in [0.4, 0.5) is 0 Å². The Kier molecular flexibility index (Phi) is 3.20. The van der Waals surface area contributed by atoms with Crippen LogP contribution in [0.5, 0.6) is 5.95 Å². The molecule has 2 nitrogen and oxygen atoms in total. The van der Waals surface area contributed by atoms with E-state index in [2.05, 4.69) is 26.9 Å². The molecule has 0 saturated heterocycles. The van der Waals surface area contributed by atoms with Crippen LogP contribution < -0.4 is 4.43 Å². The molecule has 74 valence electrons. The SMILES string of the molecule is CC(C)C[Si](C)(C)Oc1ccco1. The van der Waals surface area contributed by atoms with Gasteiger partial charge in [-0.25, -0.2) is 0 Å². The number of hydrogen-bond donors (Lipinski definition) is 0. The lowest BCUT2D eigenvalue weighted by Gasteiger charge is -2.23. The maximum Gasteiger partial charge on any atom is 0.270 e. The Morgan fingerprint density at radius 2 is 2.15 bits per heavy atom. The smallest absolute Gasteiger partial charge is 0.270 e. The molecule has 0 unspecified atom stereocenters. The zero-order chi connectivity index (χ0) is 9.90. The molecule has 0 aliphatic heterocycles. The lowest BCUT2D eigenvalue weighted by molar-refractivity contribution is 0.379. The van der Waals surface area contributed by atoms with Crippen LogP contribution in [-0.2, 0) is 0 Å². The first-order valence-corrected chi connectivity index (χ1v) is 7.84. The minimum absolute atomic E-state index is 0.664. The molecule has 0 radical (unpaired) electrons. The van der Waals surface area contributed by atoms with Crippen molar-refractivity contribution >= 4 is 8.32 Å². The third kappa shape index (κ3) is 3.68. The van der Waals surface area contributed by atoms with E-state index in [-0.39, 0.29) is 0 Å². The van der Waals surface area contributed by atoms with Gasteiger partial charge in [-0.15, -0.1) is 0 Å². The Bertz CT molecular complexity index is 239. The van der Waals surface area contributed by atoms with Crippen LogP contribution in [0.3, 0.4) is 0 Å². The van der Waals surface area contributed by atoms with Gasteiger partial charge in [0.25, 0.3) is 5.95 Å². The summed E-state index contributed by atoms with van der Waals surface area (Å²) in [6.45, 7) is 8.88. The highest BCUT2D eigenvalue weighted by atomic mass is 28.4. The standard InChI is InChI=1S/C10H18O2Si/c1-9(2)8-13(3,4)12-10-6-5-7-11-10/h5-7,9H,8H2,1-4H3. The van der Waals surface area contributed by atoms with Gasteiger partial charge < -0.3 is 8.84 Å². The minimum Gasteiger partial charge on any atom is -0.519 e. The van der Waals surface area contributed by atoms with E-state index in [9.17, 15) is 0 Å². The third-order valence-electron chi connectivity index (χ3n) is 1.77. The summed E-state index contributed by atoms with van der Waals surface area (Å²) in [6.07, 6.45) is 1.65. The summed E-state index contributed by atoms with van der Waals surface area (Å²) in [7, 11) is -1.56. The first kappa shape index (κ1) is 10.4. The summed E-state index contributed by atoms with van der Waals surface area (Å²) in [5.74, 6) is 1.36. The molecule has 0 spiro atoms. The van der Waals surface area contributed by atoms with Gasteiger partial charge in [0.05, 0.1) is 6.26 Å². The quantitative estimate of drug-likeness (QED) is 0.691. The molecule has 0 saturated carbocycles. The molecule has 1 rings (SSSR count). The molecule has 0 atom stereocenters. The lowest BCUT2D eigenvalue weighted by atomic mass is 10.3. The molecule has 0 aliphatic carbocycles. The van der Waals surface area contributed by atoms with E-state index in [0.29, 0.717) is 11.9 Å². The van der Waals surface area contributed by atoms with Gasteiger partial charge in [-0.1, -0.05) is 13.8 Å². The van der Waals surface area contributed by atoms with Crippen molar-refractivity contribution in [2.45, 2.75) is 33.0 Å². The molecular formula is C10H18O2Si. The Morgan fingerprint density at radius 3 is 2.62 bits per heavy atom. The number of furan rings is 1. The molecule has 1 aromatic heterocycles. The molecule has 1 heterocycles. The normalized spacial score (nSPS) is 12.1. The zero-order valence-electron chi connectivity index (χ0n) is 8.83. The summed E-state index contributed by atoms with van der Waals surface area (Å²) >= 11 is 0. The second-order valence-electron chi connectivity index (χ2n) is 4.39. The van der Waals surface area contributed by atoms with Crippen LogP contribution in [0.2, 0.25) is 19.1 Å². The van der Waals surface area contributed by atoms with E-state index in [1.165, 1.54) is 0 Å². The van der Waals surface area contributed by atoms with Gasteiger partial charge in [0.15, 0.2) is 0 Å². The van der Waals surface area contributed by atoms with Crippen LogP contribution in [0, 0.1) is 5.92 Å². The van der Waals surface area contributed by atoms with E-state index in [1.807, 2.05) is 12.1 Å². The molecule has 3 heteroatoms. The second kappa shape index (κ2) is 4.00. The summed E-state index contributed by atoms with van der Waals surface area (Å²) in [5.41, 5.74) is 0. The third-order valence-corrected chi connectivity index (χ3v) is 4.33. The highest BCUT2D eigenvalue weighted by Gasteiger charge is 2.26. The fraction of sp³-hybridized carbons (Fsp3) is 0.600. The number of rotatable bonds is 4. The number of hydrogen-bond acceptors (Lipinski definition) is 2. The first-order valence-electron chi connectivity index (χ1n) is 4.72. The molecule has 0 fully saturated rings. The van der Waals surface area contributed by atoms with E-state index in [0.717, 1.165) is 6.04 Å². The van der Waals surface area contributed by atoms with Crippen molar-refractivity contribution in [3.63, 3.8) is 0 Å². The molecule has 0 amide bonds. The van der Waals surface area contributed by atoms with Crippen LogP contribution in [0.1, 0.15) is 13.8 Å². The van der Waals surface area contributed by atoms with Crippen molar-refractivity contribution in [2.75, 3.05) is 0 Å². The van der Waals surface area contributed by atoms with E-state index in [1.54, 1.807) is 6.26 Å². The summed E-state index contributed by atoms with van der Waals surface area (Å²) in [6, 6.07) is 4.89. The highest BCUT2D eigenvalue weighted by molar-refractivity contribution is 6.71. The van der Waals surface area contributed by atoms with Gasteiger partial charge in [-0.3, -0.25) is 0 Å². The van der Waals surface area contributed by atoms with Crippen LogP contribution in [0.25, 0.3) is 0 Å². The van der Waals surface area contributed by atoms with Crippen molar-refractivity contribution in [1.29, 1.82) is 0 Å². The molecule has 0 aliphatic rings. The summed E-state index contributed by atoms with van der Waals surface area (Å²) in [5, 5.41) is 0. The molecule has 0 aromatic carbocycles. The predicted octanol–water partition coefficient (Wildman–Crippen LogP) is 3.52. The average molecular weight is 198 g/mol. The molecular weight excluding hydrogens is 180 g/mol. The van der Waals surface area contributed by atoms with Crippen molar-refractivity contribution in [3.8, 4) is 5.95 Å². The Hall–Kier alpha value is -0.703. The van der Waals surface area contributed by atoms with Gasteiger partial charge >= 0.3 is 0 Å². The van der Waals surface area contributed by atoms with Gasteiger partial charge in [0.1, 0.15) is 0 Å². The minimum atomic E-state index is -1.56. The Morgan fingerprint density at radius 1 is 1.46 bits per heavy atom. The van der Waals surface area contributed by atoms with E-state index in [4.69, 9.17) is 8.84 Å². The van der Waals surface area contributed by atoms with Crippen molar-refractivity contribution in [3.05, 3.63) is 18.4 Å². The average Bonchev–Trinajstić information content (AvgIpc) is 2.34. The Labute approximate surface area is 81.0 Å².